The minimum Gasteiger partial charge on any atom is -0.244 e. The highest BCUT2D eigenvalue weighted by Crippen LogP contribution is 2.09. The number of halogens is 1. The zero-order valence-corrected chi connectivity index (χ0v) is 11.7. The number of aromatic nitrogens is 4. The van der Waals surface area contributed by atoms with Crippen LogP contribution in [0, 0.1) is 11.3 Å². The summed E-state index contributed by atoms with van der Waals surface area (Å²) >= 11 is 5.77. The molecule has 1 N–H and O–H groups in total. The Labute approximate surface area is 124 Å². The number of nitrogens with one attached hydrogen (secondary N) is 1. The van der Waals surface area contributed by atoms with Gasteiger partial charge in [-0.1, -0.05) is 23.7 Å². The van der Waals surface area contributed by atoms with E-state index in [4.69, 9.17) is 16.9 Å². The molecule has 3 heterocycles. The summed E-state index contributed by atoms with van der Waals surface area (Å²) in [6, 6.07) is 11.2. The van der Waals surface area contributed by atoms with Gasteiger partial charge >= 0.3 is 11.3 Å². The van der Waals surface area contributed by atoms with Crippen molar-refractivity contribution in [2.24, 2.45) is 0 Å². The first-order valence-electron chi connectivity index (χ1n) is 6.29. The van der Waals surface area contributed by atoms with Crippen LogP contribution in [0.15, 0.2) is 41.3 Å². The number of H-pyrrole nitrogens is 1. The van der Waals surface area contributed by atoms with Crippen molar-refractivity contribution in [2.75, 3.05) is 0 Å². The molecule has 7 heteroatoms. The van der Waals surface area contributed by atoms with Gasteiger partial charge in [0, 0.05) is 18.7 Å². The molecule has 0 aliphatic rings. The maximum Gasteiger partial charge on any atom is 0.445 e. The molecule has 0 atom stereocenters. The molecule has 3 aromatic rings. The van der Waals surface area contributed by atoms with Crippen molar-refractivity contribution < 1.29 is 4.52 Å². The van der Waals surface area contributed by atoms with Crippen LogP contribution in [0.4, 0.5) is 0 Å². The topological polar surface area (TPSA) is 78.6 Å². The molecule has 21 heavy (non-hydrogen) atoms. The highest BCUT2D eigenvalue weighted by Gasteiger charge is 2.17. The largest absolute Gasteiger partial charge is 0.445 e. The van der Waals surface area contributed by atoms with Gasteiger partial charge in [-0.15, -0.1) is 4.52 Å². The zero-order valence-electron chi connectivity index (χ0n) is 11.0. The molecule has 3 rings (SSSR count). The number of nitriles is 1. The van der Waals surface area contributed by atoms with E-state index in [0.29, 0.717) is 17.2 Å². The van der Waals surface area contributed by atoms with Crippen LogP contribution in [0.1, 0.15) is 11.3 Å². The number of nitrogens with zero attached hydrogens (tertiary/aromatic N) is 4. The number of hydrogen-bond acceptors (Lipinski definition) is 3. The zero-order chi connectivity index (χ0) is 14.8. The van der Waals surface area contributed by atoms with Gasteiger partial charge in [0.1, 0.15) is 16.9 Å². The number of rotatable bonds is 3. The van der Waals surface area contributed by atoms with Crippen molar-refractivity contribution in [1.82, 2.24) is 14.6 Å². The third-order valence-corrected chi connectivity index (χ3v) is 3.41. The lowest BCUT2D eigenvalue weighted by Crippen LogP contribution is -2.31. The number of hydrogen-bond donors (Lipinski definition) is 1. The quantitative estimate of drug-likeness (QED) is 0.580. The third kappa shape index (κ3) is 2.51. The molecular formula is C14H11ClN5O+. The smallest absolute Gasteiger partial charge is 0.244 e. The van der Waals surface area contributed by atoms with Gasteiger partial charge in [-0.25, -0.2) is 9.78 Å². The van der Waals surface area contributed by atoms with E-state index < -0.39 is 0 Å². The van der Waals surface area contributed by atoms with E-state index in [1.165, 1.54) is 4.57 Å². The molecule has 0 saturated carbocycles. The molecule has 0 aliphatic heterocycles. The van der Waals surface area contributed by atoms with Crippen LogP contribution in [0.2, 0.25) is 5.15 Å². The Morgan fingerprint density at radius 1 is 1.38 bits per heavy atom. The normalized spacial score (nSPS) is 10.7. The molecule has 0 radical (unpaired) electrons. The first-order valence-corrected chi connectivity index (χ1v) is 6.66. The van der Waals surface area contributed by atoms with E-state index in [1.807, 2.05) is 24.3 Å². The van der Waals surface area contributed by atoms with Crippen molar-refractivity contribution in [3.63, 3.8) is 0 Å². The predicted octanol–water partition coefficient (Wildman–Crippen LogP) is 1.08. The molecule has 104 valence electrons. The summed E-state index contributed by atoms with van der Waals surface area (Å²) < 4.78 is 3.08. The summed E-state index contributed by atoms with van der Waals surface area (Å²) in [5, 5.41) is 12.0. The van der Waals surface area contributed by atoms with Crippen LogP contribution in [0.5, 0.6) is 0 Å². The Morgan fingerprint density at radius 2 is 2.24 bits per heavy atom. The Balaban J connectivity index is 2.07. The van der Waals surface area contributed by atoms with Crippen LogP contribution in [-0.4, -0.2) is 14.6 Å². The summed E-state index contributed by atoms with van der Waals surface area (Å²) in [5.74, 6) is 0. The number of fused-ring (bicyclic) bond motifs is 1. The third-order valence-electron chi connectivity index (χ3n) is 3.18. The molecule has 0 aromatic carbocycles. The van der Waals surface area contributed by atoms with Crippen molar-refractivity contribution >= 4 is 17.2 Å². The highest BCUT2D eigenvalue weighted by molar-refractivity contribution is 6.29. The SMILES string of the molecule is N#CCn1c(=O)[nH][n+]2c(Cc3ccc(Cl)nc3)cccc12. The monoisotopic (exact) mass is 300 g/mol. The summed E-state index contributed by atoms with van der Waals surface area (Å²) in [6.07, 6.45) is 2.30. The Morgan fingerprint density at radius 3 is 2.95 bits per heavy atom. The van der Waals surface area contributed by atoms with Gasteiger partial charge in [-0.2, -0.15) is 14.9 Å². The summed E-state index contributed by atoms with van der Waals surface area (Å²) in [4.78, 5) is 15.9. The van der Waals surface area contributed by atoms with Gasteiger partial charge in [-0.3, -0.25) is 0 Å². The Bertz CT molecular complexity index is 888. The molecule has 0 amide bonds. The molecule has 0 aliphatic carbocycles. The molecular weight excluding hydrogens is 290 g/mol. The van der Waals surface area contributed by atoms with Gasteiger partial charge in [0.25, 0.3) is 0 Å². The Hall–Kier alpha value is -2.65. The highest BCUT2D eigenvalue weighted by atomic mass is 35.5. The number of aromatic amines is 1. The van der Waals surface area contributed by atoms with Gasteiger partial charge in [0.2, 0.25) is 0 Å². The first-order chi connectivity index (χ1) is 10.2. The molecule has 0 saturated heterocycles. The summed E-state index contributed by atoms with van der Waals surface area (Å²) in [5.41, 5.74) is 2.22. The summed E-state index contributed by atoms with van der Waals surface area (Å²) in [7, 11) is 0. The standard InChI is InChI=1S/C14H10ClN5O/c15-12-5-4-10(9-17-12)8-11-2-1-3-13-19(7-6-16)14(21)18-20(11)13/h1-5,9H,7-8H2/p+1. The van der Waals surface area contributed by atoms with E-state index in [-0.39, 0.29) is 12.2 Å². The van der Waals surface area contributed by atoms with Gasteiger partial charge in [0.15, 0.2) is 6.54 Å². The average molecular weight is 301 g/mol. The fourth-order valence-electron chi connectivity index (χ4n) is 2.22. The Kier molecular flexibility index (Phi) is 3.42. The van der Waals surface area contributed by atoms with Gasteiger partial charge < -0.3 is 0 Å². The average Bonchev–Trinajstić information content (AvgIpc) is 2.80. The second-order valence-electron chi connectivity index (χ2n) is 4.54. The van der Waals surface area contributed by atoms with Crippen molar-refractivity contribution in [2.45, 2.75) is 13.0 Å². The van der Waals surface area contributed by atoms with E-state index in [0.717, 1.165) is 11.3 Å². The lowest BCUT2D eigenvalue weighted by atomic mass is 10.1. The number of pyridine rings is 2. The van der Waals surface area contributed by atoms with E-state index in [1.54, 1.807) is 22.8 Å². The van der Waals surface area contributed by atoms with Crippen LogP contribution >= 0.6 is 11.6 Å². The minimum absolute atomic E-state index is 0.0117. The van der Waals surface area contributed by atoms with Gasteiger partial charge in [0.05, 0.1) is 0 Å². The van der Waals surface area contributed by atoms with E-state index in [2.05, 4.69) is 10.1 Å². The maximum atomic E-state index is 11.9. The molecule has 0 unspecified atom stereocenters. The first kappa shape index (κ1) is 13.3. The fraction of sp³-hybridized carbons (Fsp3) is 0.143. The predicted molar refractivity (Wildman–Crippen MR) is 75.9 cm³/mol. The second-order valence-corrected chi connectivity index (χ2v) is 4.93. The van der Waals surface area contributed by atoms with E-state index >= 15 is 0 Å². The van der Waals surface area contributed by atoms with Crippen molar-refractivity contribution in [1.29, 1.82) is 5.26 Å². The van der Waals surface area contributed by atoms with Crippen LogP contribution in [0.25, 0.3) is 5.65 Å². The minimum atomic E-state index is -0.307. The van der Waals surface area contributed by atoms with Crippen LogP contribution in [0.3, 0.4) is 0 Å². The maximum absolute atomic E-state index is 11.9. The van der Waals surface area contributed by atoms with Crippen LogP contribution in [-0.2, 0) is 13.0 Å². The lowest BCUT2D eigenvalue weighted by Gasteiger charge is -2.00. The molecule has 0 bridgehead atoms. The van der Waals surface area contributed by atoms with E-state index in [9.17, 15) is 4.79 Å². The molecule has 0 spiro atoms. The van der Waals surface area contributed by atoms with Crippen molar-refractivity contribution in [3.05, 3.63) is 63.4 Å². The fourth-order valence-corrected chi connectivity index (χ4v) is 2.33. The summed E-state index contributed by atoms with van der Waals surface area (Å²) in [6.45, 7) is 0.0117. The molecule has 3 aromatic heterocycles. The second kappa shape index (κ2) is 5.38. The molecule has 6 nitrogen and oxygen atoms in total. The molecule has 0 fully saturated rings. The van der Waals surface area contributed by atoms with Crippen molar-refractivity contribution in [3.8, 4) is 6.07 Å². The van der Waals surface area contributed by atoms with Crippen LogP contribution < -0.4 is 10.2 Å². The van der Waals surface area contributed by atoms with Gasteiger partial charge in [-0.05, 0) is 17.7 Å². The lowest BCUT2D eigenvalue weighted by molar-refractivity contribution is -0.587.